The van der Waals surface area contributed by atoms with Gasteiger partial charge in [-0.15, -0.1) is 0 Å². The summed E-state index contributed by atoms with van der Waals surface area (Å²) in [6.07, 6.45) is 3.81. The highest BCUT2D eigenvalue weighted by molar-refractivity contribution is 5.93. The predicted octanol–water partition coefficient (Wildman–Crippen LogP) is 1.54. The summed E-state index contributed by atoms with van der Waals surface area (Å²) in [6, 6.07) is 3.33. The quantitative estimate of drug-likeness (QED) is 0.820. The van der Waals surface area contributed by atoms with E-state index in [-0.39, 0.29) is 5.91 Å². The van der Waals surface area contributed by atoms with E-state index in [2.05, 4.69) is 11.9 Å². The van der Waals surface area contributed by atoms with E-state index >= 15 is 0 Å². The van der Waals surface area contributed by atoms with E-state index in [1.54, 1.807) is 18.3 Å². The van der Waals surface area contributed by atoms with Gasteiger partial charge in [-0.2, -0.15) is 0 Å². The molecule has 86 valence electrons. The number of amides is 1. The van der Waals surface area contributed by atoms with Crippen molar-refractivity contribution < 1.29 is 4.79 Å². The molecule has 2 N–H and O–H groups in total. The second-order valence-corrected chi connectivity index (χ2v) is 4.29. The van der Waals surface area contributed by atoms with Crippen LogP contribution < -0.4 is 5.73 Å². The van der Waals surface area contributed by atoms with Gasteiger partial charge in [0.2, 0.25) is 0 Å². The minimum atomic E-state index is 0.00301. The van der Waals surface area contributed by atoms with Crippen LogP contribution in [0.2, 0.25) is 0 Å². The summed E-state index contributed by atoms with van der Waals surface area (Å²) in [4.78, 5) is 18.0. The van der Waals surface area contributed by atoms with Gasteiger partial charge in [-0.1, -0.05) is 13.3 Å². The molecule has 2 rings (SSSR count). The lowest BCUT2D eigenvalue weighted by Crippen LogP contribution is -2.29. The Balaban J connectivity index is 2.08. The molecule has 2 heterocycles. The van der Waals surface area contributed by atoms with Crippen LogP contribution in [0, 0.1) is 5.92 Å². The van der Waals surface area contributed by atoms with Gasteiger partial charge in [0.25, 0.3) is 5.91 Å². The molecular weight excluding hydrogens is 202 g/mol. The zero-order valence-corrected chi connectivity index (χ0v) is 9.52. The van der Waals surface area contributed by atoms with Crippen molar-refractivity contribution in [2.45, 2.75) is 19.8 Å². The summed E-state index contributed by atoms with van der Waals surface area (Å²) in [7, 11) is 0. The molecule has 4 nitrogen and oxygen atoms in total. The maximum absolute atomic E-state index is 12.1. The van der Waals surface area contributed by atoms with Gasteiger partial charge in [-0.05, 0) is 24.5 Å². The molecule has 0 spiro atoms. The lowest BCUT2D eigenvalue weighted by atomic mass is 10.1. The van der Waals surface area contributed by atoms with Crippen LogP contribution in [0.25, 0.3) is 0 Å². The third-order valence-electron chi connectivity index (χ3n) is 3.15. The Morgan fingerprint density at radius 3 is 3.12 bits per heavy atom. The first-order valence-corrected chi connectivity index (χ1v) is 5.71. The Hall–Kier alpha value is -1.58. The first-order valence-electron chi connectivity index (χ1n) is 5.71. The normalized spacial score (nSPS) is 20.1. The number of pyridine rings is 1. The molecule has 0 bridgehead atoms. The number of aromatic nitrogens is 1. The Morgan fingerprint density at radius 2 is 2.50 bits per heavy atom. The highest BCUT2D eigenvalue weighted by atomic mass is 16.2. The maximum Gasteiger partial charge on any atom is 0.272 e. The van der Waals surface area contributed by atoms with Crippen LogP contribution in [0.3, 0.4) is 0 Å². The second kappa shape index (κ2) is 4.51. The number of likely N-dealkylation sites (tertiary alicyclic amines) is 1. The molecule has 0 saturated carbocycles. The molecule has 0 aliphatic carbocycles. The first-order chi connectivity index (χ1) is 7.70. The lowest BCUT2D eigenvalue weighted by molar-refractivity contribution is 0.0781. The van der Waals surface area contributed by atoms with Crippen LogP contribution in [0.5, 0.6) is 0 Å². The molecule has 1 unspecified atom stereocenters. The fourth-order valence-corrected chi connectivity index (χ4v) is 2.08. The van der Waals surface area contributed by atoms with E-state index in [4.69, 9.17) is 5.73 Å². The highest BCUT2D eigenvalue weighted by Crippen LogP contribution is 2.20. The number of hydrogen-bond donors (Lipinski definition) is 1. The SMILES string of the molecule is CCC1CCN(C(=O)c2cc(N)ccn2)C1. The average Bonchev–Trinajstić information content (AvgIpc) is 2.76. The number of hydrogen-bond acceptors (Lipinski definition) is 3. The fraction of sp³-hybridized carbons (Fsp3) is 0.500. The molecule has 1 aliphatic rings. The van der Waals surface area contributed by atoms with Crippen LogP contribution in [-0.4, -0.2) is 28.9 Å². The molecule has 0 aromatic carbocycles. The summed E-state index contributed by atoms with van der Waals surface area (Å²) in [5.74, 6) is 0.647. The number of nitrogens with zero attached hydrogens (tertiary/aromatic N) is 2. The third-order valence-corrected chi connectivity index (χ3v) is 3.15. The smallest absolute Gasteiger partial charge is 0.272 e. The van der Waals surface area contributed by atoms with Crippen molar-refractivity contribution in [3.05, 3.63) is 24.0 Å². The molecular formula is C12H17N3O. The molecule has 1 atom stereocenters. The number of nitrogen functional groups attached to an aromatic ring is 1. The Morgan fingerprint density at radius 1 is 1.69 bits per heavy atom. The monoisotopic (exact) mass is 219 g/mol. The molecule has 1 saturated heterocycles. The Bertz CT molecular complexity index is 392. The van der Waals surface area contributed by atoms with Gasteiger partial charge >= 0.3 is 0 Å². The first kappa shape index (κ1) is 10.9. The largest absolute Gasteiger partial charge is 0.399 e. The molecule has 1 amide bonds. The van der Waals surface area contributed by atoms with Crippen molar-refractivity contribution in [1.82, 2.24) is 9.88 Å². The molecule has 1 fully saturated rings. The van der Waals surface area contributed by atoms with Gasteiger partial charge in [0.05, 0.1) is 0 Å². The van der Waals surface area contributed by atoms with Crippen molar-refractivity contribution in [2.75, 3.05) is 18.8 Å². The summed E-state index contributed by atoms with van der Waals surface area (Å²) in [5.41, 5.74) is 6.68. The zero-order valence-electron chi connectivity index (χ0n) is 9.52. The molecule has 1 aromatic rings. The lowest BCUT2D eigenvalue weighted by Gasteiger charge is -2.15. The number of carbonyl (C=O) groups excluding carboxylic acids is 1. The molecule has 1 aliphatic heterocycles. The number of anilines is 1. The highest BCUT2D eigenvalue weighted by Gasteiger charge is 2.26. The van der Waals surface area contributed by atoms with E-state index < -0.39 is 0 Å². The van der Waals surface area contributed by atoms with E-state index in [0.29, 0.717) is 17.3 Å². The molecule has 16 heavy (non-hydrogen) atoms. The summed E-state index contributed by atoms with van der Waals surface area (Å²) < 4.78 is 0. The molecule has 0 radical (unpaired) electrons. The van der Waals surface area contributed by atoms with Gasteiger partial charge in [0, 0.05) is 25.0 Å². The van der Waals surface area contributed by atoms with Gasteiger partial charge in [0.1, 0.15) is 5.69 Å². The zero-order chi connectivity index (χ0) is 11.5. The standard InChI is InChI=1S/C12H17N3O/c1-2-9-4-6-15(8-9)12(16)11-7-10(13)3-5-14-11/h3,5,7,9H,2,4,6,8H2,1H3,(H2,13,14). The number of rotatable bonds is 2. The molecule has 4 heteroatoms. The topological polar surface area (TPSA) is 59.2 Å². The Labute approximate surface area is 95.5 Å². The van der Waals surface area contributed by atoms with Crippen molar-refractivity contribution in [3.8, 4) is 0 Å². The van der Waals surface area contributed by atoms with Crippen LogP contribution in [0.4, 0.5) is 5.69 Å². The molecule has 1 aromatic heterocycles. The van der Waals surface area contributed by atoms with Crippen LogP contribution in [0.1, 0.15) is 30.3 Å². The van der Waals surface area contributed by atoms with Crippen LogP contribution in [-0.2, 0) is 0 Å². The van der Waals surface area contributed by atoms with Crippen LogP contribution >= 0.6 is 0 Å². The number of carbonyl (C=O) groups is 1. The summed E-state index contributed by atoms with van der Waals surface area (Å²) in [5, 5.41) is 0. The van der Waals surface area contributed by atoms with E-state index in [0.717, 1.165) is 25.9 Å². The van der Waals surface area contributed by atoms with Gasteiger partial charge in [-0.25, -0.2) is 0 Å². The second-order valence-electron chi connectivity index (χ2n) is 4.29. The van der Waals surface area contributed by atoms with Gasteiger partial charge in [-0.3, -0.25) is 9.78 Å². The van der Waals surface area contributed by atoms with Crippen molar-refractivity contribution in [2.24, 2.45) is 5.92 Å². The predicted molar refractivity (Wildman–Crippen MR) is 63.0 cm³/mol. The van der Waals surface area contributed by atoms with Crippen molar-refractivity contribution >= 4 is 11.6 Å². The van der Waals surface area contributed by atoms with Gasteiger partial charge in [0.15, 0.2) is 0 Å². The minimum Gasteiger partial charge on any atom is -0.399 e. The average molecular weight is 219 g/mol. The van der Waals surface area contributed by atoms with Crippen LogP contribution in [0.15, 0.2) is 18.3 Å². The van der Waals surface area contributed by atoms with E-state index in [1.165, 1.54) is 0 Å². The maximum atomic E-state index is 12.1. The fourth-order valence-electron chi connectivity index (χ4n) is 2.08. The number of nitrogens with two attached hydrogens (primary N) is 1. The van der Waals surface area contributed by atoms with E-state index in [9.17, 15) is 4.79 Å². The minimum absolute atomic E-state index is 0.00301. The van der Waals surface area contributed by atoms with Crippen molar-refractivity contribution in [3.63, 3.8) is 0 Å². The third kappa shape index (κ3) is 2.15. The van der Waals surface area contributed by atoms with E-state index in [1.807, 2.05) is 4.90 Å². The summed E-state index contributed by atoms with van der Waals surface area (Å²) >= 11 is 0. The van der Waals surface area contributed by atoms with Gasteiger partial charge < -0.3 is 10.6 Å². The summed E-state index contributed by atoms with van der Waals surface area (Å²) in [6.45, 7) is 3.86. The Kier molecular flexibility index (Phi) is 3.08. The van der Waals surface area contributed by atoms with Crippen molar-refractivity contribution in [1.29, 1.82) is 0 Å².